The maximum atomic E-state index is 11.6. The summed E-state index contributed by atoms with van der Waals surface area (Å²) in [5.74, 6) is -0.0521. The van der Waals surface area contributed by atoms with Crippen LogP contribution in [-0.4, -0.2) is 53.4 Å². The number of rotatable bonds is 4. The predicted molar refractivity (Wildman–Crippen MR) is 67.0 cm³/mol. The van der Waals surface area contributed by atoms with Gasteiger partial charge in [0.15, 0.2) is 0 Å². The van der Waals surface area contributed by atoms with Crippen molar-refractivity contribution in [2.24, 2.45) is 0 Å². The number of carbonyl (C=O) groups excluding carboxylic acids is 1. The number of nitrogens with zero attached hydrogens (tertiary/aromatic N) is 3. The Morgan fingerprint density at radius 1 is 1.67 bits per heavy atom. The van der Waals surface area contributed by atoms with Gasteiger partial charge in [-0.2, -0.15) is 5.10 Å². The zero-order valence-corrected chi connectivity index (χ0v) is 10.9. The number of aromatic nitrogens is 2. The van der Waals surface area contributed by atoms with Crippen molar-refractivity contribution in [2.45, 2.75) is 26.1 Å². The van der Waals surface area contributed by atoms with Gasteiger partial charge in [-0.05, 0) is 13.0 Å². The van der Waals surface area contributed by atoms with Crippen LogP contribution in [0.1, 0.15) is 12.6 Å². The van der Waals surface area contributed by atoms with Crippen LogP contribution in [-0.2, 0) is 22.6 Å². The van der Waals surface area contributed by atoms with Crippen molar-refractivity contribution in [3.05, 3.63) is 18.0 Å². The van der Waals surface area contributed by atoms with E-state index < -0.39 is 0 Å². The molecule has 1 aliphatic rings. The highest BCUT2D eigenvalue weighted by atomic mass is 16.5. The van der Waals surface area contributed by atoms with Gasteiger partial charge in [-0.15, -0.1) is 0 Å². The summed E-state index contributed by atoms with van der Waals surface area (Å²) in [6, 6.07) is 2.02. The number of morpholine rings is 1. The Hall–Kier alpha value is -1.40. The second-order valence-corrected chi connectivity index (χ2v) is 4.35. The largest absolute Gasteiger partial charge is 0.366 e. The second kappa shape index (κ2) is 5.97. The molecule has 6 heteroatoms. The van der Waals surface area contributed by atoms with Crippen LogP contribution in [0.4, 0.5) is 0 Å². The molecule has 0 unspecified atom stereocenters. The first-order valence-electron chi connectivity index (χ1n) is 6.30. The Bertz CT molecular complexity index is 405. The Balaban J connectivity index is 1.95. The monoisotopic (exact) mass is 252 g/mol. The number of hydrogen-bond acceptors (Lipinski definition) is 4. The molecule has 1 fully saturated rings. The van der Waals surface area contributed by atoms with Gasteiger partial charge < -0.3 is 10.1 Å². The summed E-state index contributed by atoms with van der Waals surface area (Å²) in [7, 11) is 1.64. The molecule has 0 saturated carbocycles. The first-order valence-corrected chi connectivity index (χ1v) is 6.30. The van der Waals surface area contributed by atoms with E-state index in [1.807, 2.05) is 16.9 Å². The lowest BCUT2D eigenvalue weighted by Gasteiger charge is -2.31. The van der Waals surface area contributed by atoms with Crippen molar-refractivity contribution in [3.63, 3.8) is 0 Å². The maximum Gasteiger partial charge on any atom is 0.250 e. The summed E-state index contributed by atoms with van der Waals surface area (Å²) in [6.45, 7) is 5.83. The van der Waals surface area contributed by atoms with Crippen molar-refractivity contribution in [1.29, 1.82) is 0 Å². The molecule has 0 bridgehead atoms. The van der Waals surface area contributed by atoms with Gasteiger partial charge in [-0.3, -0.25) is 14.4 Å². The molecule has 1 aliphatic heterocycles. The minimum atomic E-state index is -0.359. The zero-order chi connectivity index (χ0) is 13.0. The van der Waals surface area contributed by atoms with Crippen LogP contribution in [0, 0.1) is 0 Å². The first kappa shape index (κ1) is 13.0. The topological polar surface area (TPSA) is 59.4 Å². The Kier molecular flexibility index (Phi) is 4.33. The smallest absolute Gasteiger partial charge is 0.250 e. The summed E-state index contributed by atoms with van der Waals surface area (Å²) < 4.78 is 7.44. The number of amides is 1. The first-order chi connectivity index (χ1) is 8.74. The fourth-order valence-electron chi connectivity index (χ4n) is 2.17. The molecule has 0 radical (unpaired) electrons. The molecule has 0 aliphatic carbocycles. The molecule has 1 saturated heterocycles. The van der Waals surface area contributed by atoms with Crippen LogP contribution < -0.4 is 5.32 Å². The summed E-state index contributed by atoms with van der Waals surface area (Å²) in [5, 5.41) is 6.88. The van der Waals surface area contributed by atoms with Gasteiger partial charge in [-0.1, -0.05) is 0 Å². The van der Waals surface area contributed by atoms with E-state index in [1.165, 1.54) is 5.69 Å². The molecular weight excluding hydrogens is 232 g/mol. The summed E-state index contributed by atoms with van der Waals surface area (Å²) in [6.07, 6.45) is 1.46. The molecule has 18 heavy (non-hydrogen) atoms. The van der Waals surface area contributed by atoms with Crippen LogP contribution >= 0.6 is 0 Å². The number of aryl methyl sites for hydroxylation is 1. The highest BCUT2D eigenvalue weighted by Crippen LogP contribution is 2.10. The van der Waals surface area contributed by atoms with E-state index in [4.69, 9.17) is 4.74 Å². The predicted octanol–water partition coefficient (Wildman–Crippen LogP) is -0.150. The van der Waals surface area contributed by atoms with E-state index in [0.717, 1.165) is 19.6 Å². The zero-order valence-electron chi connectivity index (χ0n) is 10.9. The van der Waals surface area contributed by atoms with Gasteiger partial charge in [0.05, 0.1) is 12.3 Å². The van der Waals surface area contributed by atoms with Gasteiger partial charge in [-0.25, -0.2) is 0 Å². The van der Waals surface area contributed by atoms with Gasteiger partial charge in [0, 0.05) is 39.4 Å². The van der Waals surface area contributed by atoms with Gasteiger partial charge in [0.2, 0.25) is 5.91 Å². The van der Waals surface area contributed by atoms with E-state index >= 15 is 0 Å². The fraction of sp³-hybridized carbons (Fsp3) is 0.667. The Morgan fingerprint density at radius 3 is 3.22 bits per heavy atom. The van der Waals surface area contributed by atoms with Crippen molar-refractivity contribution in [3.8, 4) is 0 Å². The van der Waals surface area contributed by atoms with Crippen molar-refractivity contribution >= 4 is 5.91 Å². The summed E-state index contributed by atoms with van der Waals surface area (Å²) >= 11 is 0. The number of hydrogen-bond donors (Lipinski definition) is 1. The standard InChI is InChI=1S/C12H20N4O2/c1-3-16-10(4-5-14-16)8-15-6-7-18-11(9-15)12(17)13-2/h4-5,11H,3,6-9H2,1-2H3,(H,13,17)/t11-/m1/s1. The van der Waals surface area contributed by atoms with E-state index in [1.54, 1.807) is 7.05 Å². The van der Waals surface area contributed by atoms with Crippen LogP contribution in [0.15, 0.2) is 12.3 Å². The number of ether oxygens (including phenoxy) is 1. The molecular formula is C12H20N4O2. The molecule has 0 aromatic carbocycles. The lowest BCUT2D eigenvalue weighted by Crippen LogP contribution is -2.48. The molecule has 1 amide bonds. The van der Waals surface area contributed by atoms with Crippen LogP contribution in [0.2, 0.25) is 0 Å². The van der Waals surface area contributed by atoms with Crippen molar-refractivity contribution < 1.29 is 9.53 Å². The van der Waals surface area contributed by atoms with Crippen LogP contribution in [0.3, 0.4) is 0 Å². The normalized spacial score (nSPS) is 20.9. The fourth-order valence-corrected chi connectivity index (χ4v) is 2.17. The third kappa shape index (κ3) is 2.88. The molecule has 6 nitrogen and oxygen atoms in total. The average molecular weight is 252 g/mol. The van der Waals surface area contributed by atoms with Gasteiger partial charge in [0.1, 0.15) is 6.10 Å². The Morgan fingerprint density at radius 2 is 2.50 bits per heavy atom. The third-order valence-corrected chi connectivity index (χ3v) is 3.18. The van der Waals surface area contributed by atoms with E-state index in [9.17, 15) is 4.79 Å². The lowest BCUT2D eigenvalue weighted by molar-refractivity contribution is -0.138. The van der Waals surface area contributed by atoms with Crippen molar-refractivity contribution in [2.75, 3.05) is 26.7 Å². The lowest BCUT2D eigenvalue weighted by atomic mass is 10.2. The molecule has 1 aromatic rings. The van der Waals surface area contributed by atoms with E-state index in [-0.39, 0.29) is 12.0 Å². The molecule has 2 rings (SSSR count). The van der Waals surface area contributed by atoms with Gasteiger partial charge >= 0.3 is 0 Å². The maximum absolute atomic E-state index is 11.6. The minimum absolute atomic E-state index is 0.0521. The van der Waals surface area contributed by atoms with Crippen LogP contribution in [0.5, 0.6) is 0 Å². The quantitative estimate of drug-likeness (QED) is 0.809. The summed E-state index contributed by atoms with van der Waals surface area (Å²) in [4.78, 5) is 13.8. The van der Waals surface area contributed by atoms with Gasteiger partial charge in [0.25, 0.3) is 0 Å². The molecule has 1 aromatic heterocycles. The highest BCUT2D eigenvalue weighted by molar-refractivity contribution is 5.80. The third-order valence-electron chi connectivity index (χ3n) is 3.18. The van der Waals surface area contributed by atoms with E-state index in [2.05, 4.69) is 22.2 Å². The molecule has 100 valence electrons. The van der Waals surface area contributed by atoms with Crippen LogP contribution in [0.25, 0.3) is 0 Å². The molecule has 1 atom stereocenters. The number of nitrogens with one attached hydrogen (secondary N) is 1. The van der Waals surface area contributed by atoms with E-state index in [0.29, 0.717) is 13.2 Å². The molecule has 2 heterocycles. The number of likely N-dealkylation sites (N-methyl/N-ethyl adjacent to an activating group) is 1. The average Bonchev–Trinajstić information content (AvgIpc) is 2.85. The number of carbonyl (C=O) groups is 1. The second-order valence-electron chi connectivity index (χ2n) is 4.35. The molecule has 0 spiro atoms. The Labute approximate surface area is 107 Å². The minimum Gasteiger partial charge on any atom is -0.366 e. The highest BCUT2D eigenvalue weighted by Gasteiger charge is 2.26. The van der Waals surface area contributed by atoms with Crippen molar-refractivity contribution in [1.82, 2.24) is 20.0 Å². The summed E-state index contributed by atoms with van der Waals surface area (Å²) in [5.41, 5.74) is 1.18. The SMILES string of the molecule is CCn1nccc1CN1CCO[C@@H](C(=O)NC)C1. The molecule has 1 N–H and O–H groups in total.